The lowest BCUT2D eigenvalue weighted by atomic mass is 10.00. The van der Waals surface area contributed by atoms with E-state index in [-0.39, 0.29) is 6.79 Å². The zero-order valence-corrected chi connectivity index (χ0v) is 13.1. The van der Waals surface area contributed by atoms with Crippen molar-refractivity contribution in [3.63, 3.8) is 0 Å². The summed E-state index contributed by atoms with van der Waals surface area (Å²) >= 11 is 0. The SMILES string of the molecule is COC1(OC)C(=O)c2ccc(-c3ccc4c(c3)OCO4)cc2C1=O. The number of fused-ring (bicyclic) bond motifs is 2. The normalized spacial score (nSPS) is 17.2. The number of Topliss-reactive ketones (excluding diaryl/α,β-unsaturated/α-hetero) is 2. The van der Waals surface area contributed by atoms with E-state index in [1.165, 1.54) is 14.2 Å². The highest BCUT2D eigenvalue weighted by Gasteiger charge is 2.54. The van der Waals surface area contributed by atoms with Gasteiger partial charge in [0.2, 0.25) is 18.4 Å². The van der Waals surface area contributed by atoms with Gasteiger partial charge in [-0.25, -0.2) is 0 Å². The molecule has 122 valence electrons. The highest BCUT2D eigenvalue weighted by molar-refractivity contribution is 6.31. The van der Waals surface area contributed by atoms with Crippen molar-refractivity contribution >= 4 is 11.6 Å². The van der Waals surface area contributed by atoms with Crippen LogP contribution in [0.1, 0.15) is 20.7 Å². The van der Waals surface area contributed by atoms with Gasteiger partial charge in [0, 0.05) is 25.3 Å². The fourth-order valence-electron chi connectivity index (χ4n) is 3.10. The lowest BCUT2D eigenvalue weighted by molar-refractivity contribution is -0.133. The van der Waals surface area contributed by atoms with Crippen LogP contribution < -0.4 is 9.47 Å². The maximum absolute atomic E-state index is 12.6. The molecule has 0 unspecified atom stereocenters. The minimum Gasteiger partial charge on any atom is -0.454 e. The van der Waals surface area contributed by atoms with Crippen LogP contribution >= 0.6 is 0 Å². The molecule has 0 spiro atoms. The summed E-state index contributed by atoms with van der Waals surface area (Å²) in [5.74, 6) is -1.52. The molecule has 0 saturated heterocycles. The largest absolute Gasteiger partial charge is 0.454 e. The van der Waals surface area contributed by atoms with Crippen molar-refractivity contribution < 1.29 is 28.5 Å². The smallest absolute Gasteiger partial charge is 0.299 e. The van der Waals surface area contributed by atoms with Crippen molar-refractivity contribution in [2.24, 2.45) is 0 Å². The molecule has 1 aliphatic heterocycles. The number of hydrogen-bond acceptors (Lipinski definition) is 6. The van der Waals surface area contributed by atoms with Gasteiger partial charge in [0.1, 0.15) is 0 Å². The second-order valence-corrected chi connectivity index (χ2v) is 5.51. The molecular weight excluding hydrogens is 312 g/mol. The zero-order chi connectivity index (χ0) is 16.9. The number of ketones is 2. The number of methoxy groups -OCH3 is 2. The Bertz CT molecular complexity index is 866. The Morgan fingerprint density at radius 3 is 2.21 bits per heavy atom. The molecule has 0 amide bonds. The Kier molecular flexibility index (Phi) is 3.19. The predicted octanol–water partition coefficient (Wildman–Crippen LogP) is 2.45. The summed E-state index contributed by atoms with van der Waals surface area (Å²) in [6.07, 6.45) is 0. The van der Waals surface area contributed by atoms with Crippen molar-refractivity contribution in [3.8, 4) is 22.6 Å². The van der Waals surface area contributed by atoms with Crippen molar-refractivity contribution in [2.75, 3.05) is 21.0 Å². The molecule has 4 rings (SSSR count). The molecule has 0 atom stereocenters. The van der Waals surface area contributed by atoms with Crippen LogP contribution in [-0.2, 0) is 9.47 Å². The monoisotopic (exact) mass is 326 g/mol. The first-order chi connectivity index (χ1) is 11.6. The van der Waals surface area contributed by atoms with Gasteiger partial charge in [0.15, 0.2) is 11.5 Å². The molecule has 1 heterocycles. The summed E-state index contributed by atoms with van der Waals surface area (Å²) in [4.78, 5) is 25.1. The highest BCUT2D eigenvalue weighted by Crippen LogP contribution is 2.39. The van der Waals surface area contributed by atoms with Crippen molar-refractivity contribution in [2.45, 2.75) is 5.79 Å². The van der Waals surface area contributed by atoms with Gasteiger partial charge in [-0.05, 0) is 35.4 Å². The molecule has 2 aromatic rings. The molecule has 6 nitrogen and oxygen atoms in total. The van der Waals surface area contributed by atoms with Crippen LogP contribution in [0.3, 0.4) is 0 Å². The van der Waals surface area contributed by atoms with E-state index in [4.69, 9.17) is 18.9 Å². The number of ether oxygens (including phenoxy) is 4. The van der Waals surface area contributed by atoms with Crippen LogP contribution in [0.2, 0.25) is 0 Å². The van der Waals surface area contributed by atoms with E-state index in [1.54, 1.807) is 18.2 Å². The minimum atomic E-state index is -1.88. The van der Waals surface area contributed by atoms with Crippen LogP contribution in [0.4, 0.5) is 0 Å². The van der Waals surface area contributed by atoms with Gasteiger partial charge in [0.25, 0.3) is 5.79 Å². The molecule has 0 aromatic heterocycles. The standard InChI is InChI=1S/C18H14O6/c1-21-18(22-2)16(19)12-5-3-10(7-13(12)17(18)20)11-4-6-14-15(8-11)24-9-23-14/h3-8H,9H2,1-2H3. The summed E-state index contributed by atoms with van der Waals surface area (Å²) in [7, 11) is 2.56. The van der Waals surface area contributed by atoms with E-state index in [0.29, 0.717) is 22.6 Å². The fourth-order valence-corrected chi connectivity index (χ4v) is 3.10. The first-order valence-electron chi connectivity index (χ1n) is 7.34. The van der Waals surface area contributed by atoms with Crippen molar-refractivity contribution in [1.82, 2.24) is 0 Å². The average molecular weight is 326 g/mol. The van der Waals surface area contributed by atoms with Crippen molar-refractivity contribution in [3.05, 3.63) is 47.5 Å². The van der Waals surface area contributed by atoms with E-state index in [2.05, 4.69) is 0 Å². The molecular formula is C18H14O6. The maximum atomic E-state index is 12.6. The van der Waals surface area contributed by atoms with Crippen LogP contribution in [0, 0.1) is 0 Å². The number of carbonyl (C=O) groups excluding carboxylic acids is 2. The number of carbonyl (C=O) groups is 2. The van der Waals surface area contributed by atoms with E-state index in [1.807, 2.05) is 18.2 Å². The summed E-state index contributed by atoms with van der Waals surface area (Å²) in [6.45, 7) is 0.195. The zero-order valence-electron chi connectivity index (χ0n) is 13.1. The van der Waals surface area contributed by atoms with Gasteiger partial charge in [-0.15, -0.1) is 0 Å². The lowest BCUT2D eigenvalue weighted by Crippen LogP contribution is -2.45. The van der Waals surface area contributed by atoms with Gasteiger partial charge < -0.3 is 18.9 Å². The average Bonchev–Trinajstić information content (AvgIpc) is 3.17. The highest BCUT2D eigenvalue weighted by atomic mass is 16.7. The molecule has 2 aliphatic rings. The first-order valence-corrected chi connectivity index (χ1v) is 7.34. The fraction of sp³-hybridized carbons (Fsp3) is 0.222. The number of rotatable bonds is 3. The second kappa shape index (κ2) is 5.15. The first kappa shape index (κ1) is 14.9. The van der Waals surface area contributed by atoms with Crippen LogP contribution in [-0.4, -0.2) is 38.4 Å². The second-order valence-electron chi connectivity index (χ2n) is 5.51. The molecule has 2 aromatic carbocycles. The molecule has 1 aliphatic carbocycles. The van der Waals surface area contributed by atoms with Gasteiger partial charge in [-0.1, -0.05) is 12.1 Å². The van der Waals surface area contributed by atoms with E-state index < -0.39 is 17.4 Å². The quantitative estimate of drug-likeness (QED) is 0.637. The molecule has 0 N–H and O–H groups in total. The number of benzene rings is 2. The van der Waals surface area contributed by atoms with E-state index in [0.717, 1.165) is 11.1 Å². The molecule has 0 bridgehead atoms. The van der Waals surface area contributed by atoms with Crippen LogP contribution in [0.15, 0.2) is 36.4 Å². The van der Waals surface area contributed by atoms with Gasteiger partial charge >= 0.3 is 0 Å². The molecule has 24 heavy (non-hydrogen) atoms. The Hall–Kier alpha value is -2.70. The van der Waals surface area contributed by atoms with E-state index in [9.17, 15) is 9.59 Å². The molecule has 0 fully saturated rings. The Morgan fingerprint density at radius 1 is 0.833 bits per heavy atom. The minimum absolute atomic E-state index is 0.195. The van der Waals surface area contributed by atoms with Crippen molar-refractivity contribution in [1.29, 1.82) is 0 Å². The lowest BCUT2D eigenvalue weighted by Gasteiger charge is -2.21. The third-order valence-corrected chi connectivity index (χ3v) is 4.39. The van der Waals surface area contributed by atoms with Gasteiger partial charge in [-0.3, -0.25) is 9.59 Å². The molecule has 0 radical (unpaired) electrons. The molecule has 0 saturated carbocycles. The van der Waals surface area contributed by atoms with Gasteiger partial charge in [-0.2, -0.15) is 0 Å². The summed E-state index contributed by atoms with van der Waals surface area (Å²) in [6, 6.07) is 10.6. The number of hydrogen-bond donors (Lipinski definition) is 0. The third-order valence-electron chi connectivity index (χ3n) is 4.39. The third kappa shape index (κ3) is 1.84. The topological polar surface area (TPSA) is 71.1 Å². The van der Waals surface area contributed by atoms with E-state index >= 15 is 0 Å². The van der Waals surface area contributed by atoms with Crippen LogP contribution in [0.25, 0.3) is 11.1 Å². The Balaban J connectivity index is 1.80. The maximum Gasteiger partial charge on any atom is 0.299 e. The predicted molar refractivity (Wildman–Crippen MR) is 83.4 cm³/mol. The van der Waals surface area contributed by atoms with Crippen LogP contribution in [0.5, 0.6) is 11.5 Å². The summed E-state index contributed by atoms with van der Waals surface area (Å²) in [5, 5.41) is 0. The molecule has 6 heteroatoms. The summed E-state index contributed by atoms with van der Waals surface area (Å²) in [5.41, 5.74) is 2.23. The Labute approximate surface area is 137 Å². The summed E-state index contributed by atoms with van der Waals surface area (Å²) < 4.78 is 20.9. The van der Waals surface area contributed by atoms with Gasteiger partial charge in [0.05, 0.1) is 0 Å². The Morgan fingerprint density at radius 2 is 1.46 bits per heavy atom.